The van der Waals surface area contributed by atoms with Crippen LogP contribution in [-0.2, 0) is 11.3 Å². The molecule has 0 fully saturated rings. The van der Waals surface area contributed by atoms with Crippen LogP contribution in [0.5, 0.6) is 0 Å². The molecule has 0 heterocycles. The summed E-state index contributed by atoms with van der Waals surface area (Å²) in [5.74, 6) is -0.0468. The average Bonchev–Trinajstić information content (AvgIpc) is 2.39. The first kappa shape index (κ1) is 14.3. The Morgan fingerprint density at radius 1 is 1.16 bits per heavy atom. The van der Waals surface area contributed by atoms with E-state index in [1.54, 1.807) is 12.1 Å². The molecular weight excluding hydrogens is 328 g/mol. The van der Waals surface area contributed by atoms with Crippen molar-refractivity contribution in [2.24, 2.45) is 0 Å². The van der Waals surface area contributed by atoms with Gasteiger partial charge in [0.05, 0.1) is 6.61 Å². The molecule has 0 aromatic heterocycles. The number of carbonyl (C=O) groups excluding carboxylic acids is 1. The zero-order valence-corrected chi connectivity index (χ0v) is 12.4. The van der Waals surface area contributed by atoms with Crippen molar-refractivity contribution in [3.63, 3.8) is 0 Å². The fourth-order valence-corrected chi connectivity index (χ4v) is 2.37. The SMILES string of the molecule is O=C(COCc1cccc(Cl)c1)c1ccccc1Br. The van der Waals surface area contributed by atoms with Crippen molar-refractivity contribution >= 4 is 33.3 Å². The van der Waals surface area contributed by atoms with Gasteiger partial charge in [0, 0.05) is 15.1 Å². The first-order valence-electron chi connectivity index (χ1n) is 5.77. The molecule has 4 heteroatoms. The summed E-state index contributed by atoms with van der Waals surface area (Å²) in [7, 11) is 0. The topological polar surface area (TPSA) is 26.3 Å². The lowest BCUT2D eigenvalue weighted by Gasteiger charge is -2.05. The highest BCUT2D eigenvalue weighted by Crippen LogP contribution is 2.17. The van der Waals surface area contributed by atoms with E-state index in [0.717, 1.165) is 10.0 Å². The maximum atomic E-state index is 11.9. The second-order valence-corrected chi connectivity index (χ2v) is 5.32. The molecule has 0 radical (unpaired) electrons. The van der Waals surface area contributed by atoms with Gasteiger partial charge in [-0.3, -0.25) is 4.79 Å². The van der Waals surface area contributed by atoms with E-state index in [2.05, 4.69) is 15.9 Å². The molecule has 19 heavy (non-hydrogen) atoms. The van der Waals surface area contributed by atoms with Gasteiger partial charge in [0.15, 0.2) is 5.78 Å². The summed E-state index contributed by atoms with van der Waals surface area (Å²) in [5, 5.41) is 0.665. The van der Waals surface area contributed by atoms with E-state index < -0.39 is 0 Å². The van der Waals surface area contributed by atoms with E-state index in [-0.39, 0.29) is 12.4 Å². The van der Waals surface area contributed by atoms with E-state index in [4.69, 9.17) is 16.3 Å². The van der Waals surface area contributed by atoms with E-state index in [1.165, 1.54) is 0 Å². The van der Waals surface area contributed by atoms with Crippen LogP contribution in [0.2, 0.25) is 5.02 Å². The van der Waals surface area contributed by atoms with Gasteiger partial charge in [0.1, 0.15) is 6.61 Å². The largest absolute Gasteiger partial charge is 0.369 e. The van der Waals surface area contributed by atoms with Crippen LogP contribution >= 0.6 is 27.5 Å². The molecule has 0 N–H and O–H groups in total. The van der Waals surface area contributed by atoms with Gasteiger partial charge in [-0.25, -0.2) is 0 Å². The van der Waals surface area contributed by atoms with Gasteiger partial charge in [-0.2, -0.15) is 0 Å². The first-order chi connectivity index (χ1) is 9.16. The molecule has 0 unspecified atom stereocenters. The number of benzene rings is 2. The minimum atomic E-state index is -0.0468. The van der Waals surface area contributed by atoms with Crippen molar-refractivity contribution < 1.29 is 9.53 Å². The van der Waals surface area contributed by atoms with Crippen LogP contribution < -0.4 is 0 Å². The Morgan fingerprint density at radius 2 is 1.95 bits per heavy atom. The second-order valence-electron chi connectivity index (χ2n) is 4.03. The highest BCUT2D eigenvalue weighted by molar-refractivity contribution is 9.10. The molecule has 2 rings (SSSR count). The lowest BCUT2D eigenvalue weighted by molar-refractivity contribution is 0.0726. The predicted molar refractivity (Wildman–Crippen MR) is 79.6 cm³/mol. The summed E-state index contributed by atoms with van der Waals surface area (Å²) in [5.41, 5.74) is 1.58. The third-order valence-corrected chi connectivity index (χ3v) is 3.49. The Kier molecular flexibility index (Phi) is 5.14. The molecule has 0 saturated carbocycles. The first-order valence-corrected chi connectivity index (χ1v) is 6.94. The molecule has 0 bridgehead atoms. The lowest BCUT2D eigenvalue weighted by Crippen LogP contribution is -2.09. The Morgan fingerprint density at radius 3 is 2.68 bits per heavy atom. The normalized spacial score (nSPS) is 10.4. The van der Waals surface area contributed by atoms with E-state index in [1.807, 2.05) is 36.4 Å². The van der Waals surface area contributed by atoms with Crippen LogP contribution in [0.25, 0.3) is 0 Å². The Labute approximate surface area is 125 Å². The number of ketones is 1. The minimum absolute atomic E-state index is 0.0468. The standard InChI is InChI=1S/C15H12BrClO2/c16-14-7-2-1-6-13(14)15(18)10-19-9-11-4-3-5-12(17)8-11/h1-8H,9-10H2. The number of hydrogen-bond acceptors (Lipinski definition) is 2. The predicted octanol–water partition coefficient (Wildman–Crippen LogP) is 4.50. The van der Waals surface area contributed by atoms with Crippen molar-refractivity contribution in [3.8, 4) is 0 Å². The van der Waals surface area contributed by atoms with Crippen molar-refractivity contribution in [2.75, 3.05) is 6.61 Å². The van der Waals surface area contributed by atoms with Gasteiger partial charge in [0.2, 0.25) is 0 Å². The van der Waals surface area contributed by atoms with Crippen molar-refractivity contribution in [1.29, 1.82) is 0 Å². The van der Waals surface area contributed by atoms with Crippen molar-refractivity contribution in [1.82, 2.24) is 0 Å². The van der Waals surface area contributed by atoms with E-state index >= 15 is 0 Å². The molecule has 0 spiro atoms. The van der Waals surface area contributed by atoms with Crippen LogP contribution in [-0.4, -0.2) is 12.4 Å². The lowest BCUT2D eigenvalue weighted by atomic mass is 10.1. The highest BCUT2D eigenvalue weighted by atomic mass is 79.9. The van der Waals surface area contributed by atoms with Gasteiger partial charge >= 0.3 is 0 Å². The van der Waals surface area contributed by atoms with Gasteiger partial charge in [0.25, 0.3) is 0 Å². The van der Waals surface area contributed by atoms with Crippen molar-refractivity contribution in [2.45, 2.75) is 6.61 Å². The number of hydrogen-bond donors (Lipinski definition) is 0. The summed E-state index contributed by atoms with van der Waals surface area (Å²) in [6.45, 7) is 0.422. The summed E-state index contributed by atoms with van der Waals surface area (Å²) >= 11 is 9.22. The Bertz CT molecular complexity index is 584. The van der Waals surface area contributed by atoms with E-state index in [0.29, 0.717) is 17.2 Å². The Hall–Kier alpha value is -1.16. The average molecular weight is 340 g/mol. The fourth-order valence-electron chi connectivity index (χ4n) is 1.65. The monoisotopic (exact) mass is 338 g/mol. The molecule has 2 aromatic carbocycles. The molecule has 0 aliphatic heterocycles. The van der Waals surface area contributed by atoms with Crippen LogP contribution in [0.1, 0.15) is 15.9 Å². The maximum absolute atomic E-state index is 11.9. The molecule has 0 saturated heterocycles. The van der Waals surface area contributed by atoms with Crippen LogP contribution in [0.15, 0.2) is 53.0 Å². The Balaban J connectivity index is 1.90. The number of Topliss-reactive ketones (excluding diaryl/α,β-unsaturated/α-hetero) is 1. The zero-order valence-electron chi connectivity index (χ0n) is 10.1. The van der Waals surface area contributed by atoms with Crippen LogP contribution in [0, 0.1) is 0 Å². The number of halogens is 2. The summed E-state index contributed by atoms with van der Waals surface area (Å²) in [6, 6.07) is 14.7. The smallest absolute Gasteiger partial charge is 0.189 e. The molecule has 2 aromatic rings. The van der Waals surface area contributed by atoms with Gasteiger partial charge in [-0.1, -0.05) is 57.9 Å². The van der Waals surface area contributed by atoms with Crippen LogP contribution in [0.3, 0.4) is 0 Å². The molecular formula is C15H12BrClO2. The second kappa shape index (κ2) is 6.85. The molecule has 2 nitrogen and oxygen atoms in total. The number of rotatable bonds is 5. The zero-order chi connectivity index (χ0) is 13.7. The molecule has 0 aliphatic rings. The maximum Gasteiger partial charge on any atom is 0.189 e. The molecule has 0 atom stereocenters. The minimum Gasteiger partial charge on any atom is -0.369 e. The highest BCUT2D eigenvalue weighted by Gasteiger charge is 2.09. The molecule has 98 valence electrons. The third kappa shape index (κ3) is 4.16. The van der Waals surface area contributed by atoms with E-state index in [9.17, 15) is 4.79 Å². The van der Waals surface area contributed by atoms with Gasteiger partial charge < -0.3 is 4.74 Å². The third-order valence-electron chi connectivity index (χ3n) is 2.57. The summed E-state index contributed by atoms with van der Waals surface area (Å²) in [6.07, 6.45) is 0. The number of ether oxygens (including phenoxy) is 1. The summed E-state index contributed by atoms with van der Waals surface area (Å²) < 4.78 is 6.20. The number of carbonyl (C=O) groups is 1. The van der Waals surface area contributed by atoms with Gasteiger partial charge in [-0.05, 0) is 23.8 Å². The quantitative estimate of drug-likeness (QED) is 0.750. The van der Waals surface area contributed by atoms with Crippen LogP contribution in [0.4, 0.5) is 0 Å². The molecule has 0 aliphatic carbocycles. The van der Waals surface area contributed by atoms with Gasteiger partial charge in [-0.15, -0.1) is 0 Å². The molecule has 0 amide bonds. The fraction of sp³-hybridized carbons (Fsp3) is 0.133. The van der Waals surface area contributed by atoms with Crippen molar-refractivity contribution in [3.05, 3.63) is 69.2 Å². The summed E-state index contributed by atoms with van der Waals surface area (Å²) in [4.78, 5) is 11.9.